The van der Waals surface area contributed by atoms with E-state index in [2.05, 4.69) is 11.9 Å². The maximum Gasteiger partial charge on any atom is 0.295 e. The molecule has 5 nitrogen and oxygen atoms in total. The average Bonchev–Trinajstić information content (AvgIpc) is 2.35. The molecule has 0 aliphatic heterocycles. The number of hydrogen-bond acceptors (Lipinski definition) is 4. The minimum absolute atomic E-state index is 0.277. The van der Waals surface area contributed by atoms with E-state index in [1.807, 2.05) is 0 Å². The summed E-state index contributed by atoms with van der Waals surface area (Å²) >= 11 is 0. The van der Waals surface area contributed by atoms with Crippen LogP contribution in [0.3, 0.4) is 0 Å². The van der Waals surface area contributed by atoms with Gasteiger partial charge in [-0.2, -0.15) is 0 Å². The van der Waals surface area contributed by atoms with E-state index < -0.39 is 10.7 Å². The van der Waals surface area contributed by atoms with E-state index in [1.165, 1.54) is 12.1 Å². The first-order valence-electron chi connectivity index (χ1n) is 5.51. The molecule has 0 amide bonds. The molecule has 0 fully saturated rings. The lowest BCUT2D eigenvalue weighted by Crippen LogP contribution is -2.11. The van der Waals surface area contributed by atoms with Crippen LogP contribution in [0.1, 0.15) is 6.42 Å². The standard InChI is InChI=1S/C12H15FN2O3/c1-2-3-7-18-8-6-14-11-5-4-10(13)9-12(11)15(16)17/h2,4-5,9,14H,1,3,6-8H2. The van der Waals surface area contributed by atoms with Crippen LogP contribution < -0.4 is 5.32 Å². The number of ether oxygens (including phenoxy) is 1. The molecule has 0 radical (unpaired) electrons. The zero-order chi connectivity index (χ0) is 13.4. The van der Waals surface area contributed by atoms with E-state index in [4.69, 9.17) is 4.74 Å². The topological polar surface area (TPSA) is 64.4 Å². The average molecular weight is 254 g/mol. The van der Waals surface area contributed by atoms with Crippen LogP contribution >= 0.6 is 0 Å². The summed E-state index contributed by atoms with van der Waals surface area (Å²) in [5.41, 5.74) is 0.00909. The molecule has 0 aliphatic carbocycles. The van der Waals surface area contributed by atoms with Crippen molar-refractivity contribution in [1.29, 1.82) is 0 Å². The van der Waals surface area contributed by atoms with Gasteiger partial charge in [0.15, 0.2) is 0 Å². The third kappa shape index (κ3) is 4.50. The van der Waals surface area contributed by atoms with Gasteiger partial charge in [0.2, 0.25) is 0 Å². The van der Waals surface area contributed by atoms with Crippen LogP contribution in [0.5, 0.6) is 0 Å². The van der Waals surface area contributed by atoms with Crippen LogP contribution in [-0.4, -0.2) is 24.7 Å². The molecule has 98 valence electrons. The lowest BCUT2D eigenvalue weighted by molar-refractivity contribution is -0.384. The Balaban J connectivity index is 2.46. The molecular weight excluding hydrogens is 239 g/mol. The molecule has 0 saturated heterocycles. The molecule has 0 aliphatic rings. The summed E-state index contributed by atoms with van der Waals surface area (Å²) in [6.45, 7) is 4.96. The Bertz CT molecular complexity index is 424. The molecule has 0 atom stereocenters. The van der Waals surface area contributed by atoms with Crippen molar-refractivity contribution in [3.8, 4) is 0 Å². The third-order valence-electron chi connectivity index (χ3n) is 2.18. The van der Waals surface area contributed by atoms with Crippen LogP contribution in [0.2, 0.25) is 0 Å². The van der Waals surface area contributed by atoms with Gasteiger partial charge in [-0.25, -0.2) is 4.39 Å². The van der Waals surface area contributed by atoms with Crippen molar-refractivity contribution in [2.24, 2.45) is 0 Å². The minimum atomic E-state index is -0.630. The highest BCUT2D eigenvalue weighted by Crippen LogP contribution is 2.24. The lowest BCUT2D eigenvalue weighted by Gasteiger charge is -2.07. The molecule has 1 aromatic rings. The predicted octanol–water partition coefficient (Wildman–Crippen LogP) is 2.74. The van der Waals surface area contributed by atoms with Gasteiger partial charge >= 0.3 is 0 Å². The Hall–Kier alpha value is -1.95. The van der Waals surface area contributed by atoms with Crippen LogP contribution in [0.4, 0.5) is 15.8 Å². The molecule has 0 aromatic heterocycles. The number of rotatable bonds is 8. The summed E-state index contributed by atoms with van der Waals surface area (Å²) < 4.78 is 18.1. The van der Waals surface area contributed by atoms with E-state index in [1.54, 1.807) is 6.08 Å². The monoisotopic (exact) mass is 254 g/mol. The summed E-state index contributed by atoms with van der Waals surface area (Å²) in [4.78, 5) is 10.1. The van der Waals surface area contributed by atoms with Gasteiger partial charge in [-0.05, 0) is 18.6 Å². The SMILES string of the molecule is C=CCCOCCNc1ccc(F)cc1[N+](=O)[O-]. The molecule has 0 unspecified atom stereocenters. The van der Waals surface area contributed by atoms with Gasteiger partial charge in [0.05, 0.1) is 24.2 Å². The van der Waals surface area contributed by atoms with Crippen molar-refractivity contribution in [2.75, 3.05) is 25.1 Å². The van der Waals surface area contributed by atoms with Crippen molar-refractivity contribution in [2.45, 2.75) is 6.42 Å². The molecule has 0 spiro atoms. The fourth-order valence-corrected chi connectivity index (χ4v) is 1.33. The third-order valence-corrected chi connectivity index (χ3v) is 2.18. The van der Waals surface area contributed by atoms with Gasteiger partial charge in [-0.1, -0.05) is 6.08 Å². The van der Waals surface area contributed by atoms with E-state index in [9.17, 15) is 14.5 Å². The number of benzene rings is 1. The zero-order valence-electron chi connectivity index (χ0n) is 9.89. The van der Waals surface area contributed by atoms with Crippen LogP contribution in [0.15, 0.2) is 30.9 Å². The van der Waals surface area contributed by atoms with Gasteiger partial charge in [0.25, 0.3) is 5.69 Å². The first-order chi connectivity index (χ1) is 8.65. The summed E-state index contributed by atoms with van der Waals surface area (Å²) in [6, 6.07) is 3.41. The van der Waals surface area contributed by atoms with Gasteiger partial charge in [0, 0.05) is 6.54 Å². The van der Waals surface area contributed by atoms with Crippen molar-refractivity contribution in [1.82, 2.24) is 0 Å². The second-order valence-corrected chi connectivity index (χ2v) is 3.54. The smallest absolute Gasteiger partial charge is 0.295 e. The summed E-state index contributed by atoms with van der Waals surface area (Å²) in [5, 5.41) is 13.5. The summed E-state index contributed by atoms with van der Waals surface area (Å²) in [6.07, 6.45) is 2.51. The van der Waals surface area contributed by atoms with Crippen molar-refractivity contribution < 1.29 is 14.1 Å². The number of anilines is 1. The molecular formula is C12H15FN2O3. The van der Waals surface area contributed by atoms with Gasteiger partial charge in [-0.15, -0.1) is 6.58 Å². The lowest BCUT2D eigenvalue weighted by atomic mass is 10.2. The quantitative estimate of drug-likeness (QED) is 0.335. The molecule has 1 N–H and O–H groups in total. The molecule has 0 bridgehead atoms. The Kier molecular flexibility index (Phi) is 5.79. The molecule has 1 aromatic carbocycles. The minimum Gasteiger partial charge on any atom is -0.379 e. The first kappa shape index (κ1) is 14.1. The maximum atomic E-state index is 12.9. The van der Waals surface area contributed by atoms with Gasteiger partial charge in [-0.3, -0.25) is 10.1 Å². The zero-order valence-corrected chi connectivity index (χ0v) is 9.89. The first-order valence-corrected chi connectivity index (χ1v) is 5.51. The summed E-state index contributed by atoms with van der Waals surface area (Å²) in [7, 11) is 0. The second-order valence-electron chi connectivity index (χ2n) is 3.54. The Morgan fingerprint density at radius 3 is 2.94 bits per heavy atom. The highest BCUT2D eigenvalue weighted by atomic mass is 19.1. The Labute approximate surface area is 104 Å². The molecule has 0 heterocycles. The maximum absolute atomic E-state index is 12.9. The van der Waals surface area contributed by atoms with Gasteiger partial charge < -0.3 is 10.1 Å². The normalized spacial score (nSPS) is 10.1. The van der Waals surface area contributed by atoms with E-state index >= 15 is 0 Å². The van der Waals surface area contributed by atoms with E-state index in [-0.39, 0.29) is 11.4 Å². The largest absolute Gasteiger partial charge is 0.379 e. The van der Waals surface area contributed by atoms with Gasteiger partial charge in [0.1, 0.15) is 11.5 Å². The van der Waals surface area contributed by atoms with Crippen LogP contribution in [-0.2, 0) is 4.74 Å². The number of nitro groups is 1. The number of nitrogens with zero attached hydrogens (tertiary/aromatic N) is 1. The number of nitrogens with one attached hydrogen (secondary N) is 1. The molecule has 0 saturated carbocycles. The number of halogens is 1. The molecule has 1 rings (SSSR count). The molecule has 18 heavy (non-hydrogen) atoms. The highest BCUT2D eigenvalue weighted by Gasteiger charge is 2.14. The van der Waals surface area contributed by atoms with E-state index in [0.717, 1.165) is 12.5 Å². The van der Waals surface area contributed by atoms with Crippen molar-refractivity contribution in [3.05, 3.63) is 46.8 Å². The number of nitro benzene ring substituents is 1. The second kappa shape index (κ2) is 7.39. The molecule has 6 heteroatoms. The Morgan fingerprint density at radius 2 is 2.28 bits per heavy atom. The van der Waals surface area contributed by atoms with Crippen LogP contribution in [0.25, 0.3) is 0 Å². The fourth-order valence-electron chi connectivity index (χ4n) is 1.33. The van der Waals surface area contributed by atoms with Crippen LogP contribution in [0, 0.1) is 15.9 Å². The summed E-state index contributed by atoms with van der Waals surface area (Å²) in [5.74, 6) is -0.630. The predicted molar refractivity (Wildman–Crippen MR) is 67.2 cm³/mol. The van der Waals surface area contributed by atoms with E-state index in [0.29, 0.717) is 19.8 Å². The van der Waals surface area contributed by atoms with Crippen molar-refractivity contribution >= 4 is 11.4 Å². The highest BCUT2D eigenvalue weighted by molar-refractivity contribution is 5.61. The Morgan fingerprint density at radius 1 is 1.50 bits per heavy atom. The fraction of sp³-hybridized carbons (Fsp3) is 0.333. The number of hydrogen-bond donors (Lipinski definition) is 1. The van der Waals surface area contributed by atoms with Crippen molar-refractivity contribution in [3.63, 3.8) is 0 Å².